The van der Waals surface area contributed by atoms with E-state index in [4.69, 9.17) is 7.49 Å². The number of rotatable bonds is 2. The Morgan fingerprint density at radius 1 is 1.50 bits per heavy atom. The topological polar surface area (TPSA) is 3.24 Å². The minimum absolute atomic E-state index is 1.05. The fourth-order valence-corrected chi connectivity index (χ4v) is 0.503. The van der Waals surface area contributed by atoms with E-state index in [1.807, 2.05) is 32.0 Å². The number of nitrogens with zero attached hydrogens (tertiary/aromatic N) is 1. The predicted octanol–water partition coefficient (Wildman–Crippen LogP) is 0.422. The van der Waals surface area contributed by atoms with Crippen molar-refractivity contribution in [1.29, 1.82) is 0 Å². The monoisotopic (exact) mass is 108 g/mol. The first-order valence-electron chi connectivity index (χ1n) is 2.61. The summed E-state index contributed by atoms with van der Waals surface area (Å²) in [6.07, 6.45) is 1.96. The van der Waals surface area contributed by atoms with Gasteiger partial charge in [-0.05, 0) is 0 Å². The number of hydrogen-bond donors (Lipinski definition) is 0. The van der Waals surface area contributed by atoms with E-state index < -0.39 is 0 Å². The van der Waals surface area contributed by atoms with Gasteiger partial charge in [0, 0.05) is 0 Å². The Kier molecular flexibility index (Phi) is 3.25. The fraction of sp³-hybridized carbons (Fsp3) is 0.500. The molecular formula is C6H11BN. The normalized spacial score (nSPS) is 11.0. The van der Waals surface area contributed by atoms with Gasteiger partial charge in [-0.2, -0.15) is 0 Å². The summed E-state index contributed by atoms with van der Waals surface area (Å²) in [5.74, 6) is 1.58. The molecular weight excluding hydrogens is 96.9 g/mol. The molecule has 1 nitrogen and oxygen atoms in total. The van der Waals surface area contributed by atoms with E-state index in [1.54, 1.807) is 5.97 Å². The maximum absolute atomic E-state index is 5.25. The molecule has 0 saturated carbocycles. The van der Waals surface area contributed by atoms with Crippen LogP contribution in [0.1, 0.15) is 6.92 Å². The molecule has 0 atom stereocenters. The van der Waals surface area contributed by atoms with Crippen molar-refractivity contribution in [3.8, 4) is 0 Å². The Morgan fingerprint density at radius 3 is 2.00 bits per heavy atom. The molecule has 0 aliphatic rings. The summed E-state index contributed by atoms with van der Waals surface area (Å²) < 4.78 is 0. The standard InChI is InChI=1S/C6H11BN/c1-4-6(5-7)8(2)3/h4-5H,1-3H3/b6-4-. The molecule has 0 bridgehead atoms. The second-order valence-corrected chi connectivity index (χ2v) is 1.77. The Labute approximate surface area is 52.1 Å². The van der Waals surface area contributed by atoms with E-state index >= 15 is 0 Å². The second kappa shape index (κ2) is 3.47. The second-order valence-electron chi connectivity index (χ2n) is 1.77. The summed E-state index contributed by atoms with van der Waals surface area (Å²) >= 11 is 0. The van der Waals surface area contributed by atoms with Gasteiger partial charge in [0.1, 0.15) is 0 Å². The van der Waals surface area contributed by atoms with Gasteiger partial charge >= 0.3 is 51.1 Å². The summed E-state index contributed by atoms with van der Waals surface area (Å²) in [6, 6.07) is 0. The van der Waals surface area contributed by atoms with Gasteiger partial charge in [-0.25, -0.2) is 0 Å². The average Bonchev–Trinajstić information content (AvgIpc) is 1.69. The van der Waals surface area contributed by atoms with Crippen molar-refractivity contribution in [3.05, 3.63) is 11.8 Å². The van der Waals surface area contributed by atoms with Crippen LogP contribution >= 0.6 is 0 Å². The van der Waals surface area contributed by atoms with Crippen LogP contribution in [0.3, 0.4) is 0 Å². The van der Waals surface area contributed by atoms with Crippen LogP contribution in [0.15, 0.2) is 11.8 Å². The van der Waals surface area contributed by atoms with Gasteiger partial charge in [0.25, 0.3) is 0 Å². The van der Waals surface area contributed by atoms with Crippen LogP contribution in [0.25, 0.3) is 0 Å². The molecule has 0 saturated heterocycles. The van der Waals surface area contributed by atoms with Gasteiger partial charge < -0.3 is 0 Å². The van der Waals surface area contributed by atoms with Crippen LogP contribution in [-0.2, 0) is 0 Å². The van der Waals surface area contributed by atoms with Crippen molar-refractivity contribution < 1.29 is 0 Å². The van der Waals surface area contributed by atoms with Crippen molar-refractivity contribution >= 4 is 13.5 Å². The Hall–Kier alpha value is -0.525. The Morgan fingerprint density at radius 2 is 2.00 bits per heavy atom. The van der Waals surface area contributed by atoms with Crippen LogP contribution in [0, 0.1) is 0 Å². The van der Waals surface area contributed by atoms with Crippen molar-refractivity contribution in [1.82, 2.24) is 4.90 Å². The molecule has 0 fully saturated rings. The molecule has 0 unspecified atom stereocenters. The molecule has 0 spiro atoms. The van der Waals surface area contributed by atoms with E-state index in [0.717, 1.165) is 5.70 Å². The van der Waals surface area contributed by atoms with E-state index in [-0.39, 0.29) is 0 Å². The third-order valence-electron chi connectivity index (χ3n) is 0.983. The molecule has 0 amide bonds. The quantitative estimate of drug-likeness (QED) is 0.463. The molecule has 0 rings (SSSR count). The SMILES string of the molecule is [B]=C/C(=C/C)N(C)C. The third kappa shape index (κ3) is 1.96. The van der Waals surface area contributed by atoms with Gasteiger partial charge in [-0.1, -0.05) is 0 Å². The first-order valence-corrected chi connectivity index (χ1v) is 2.61. The summed E-state index contributed by atoms with van der Waals surface area (Å²) in [6.45, 7) is 1.96. The van der Waals surface area contributed by atoms with Crippen molar-refractivity contribution in [2.24, 2.45) is 0 Å². The predicted molar refractivity (Wildman–Crippen MR) is 39.3 cm³/mol. The zero-order valence-corrected chi connectivity index (χ0v) is 5.68. The van der Waals surface area contributed by atoms with Gasteiger partial charge in [0.2, 0.25) is 0 Å². The molecule has 0 aliphatic heterocycles. The van der Waals surface area contributed by atoms with Crippen molar-refractivity contribution in [2.45, 2.75) is 6.92 Å². The first-order chi connectivity index (χ1) is 3.72. The Bertz CT molecular complexity index is 105. The van der Waals surface area contributed by atoms with Crippen molar-refractivity contribution in [2.75, 3.05) is 14.1 Å². The molecule has 0 aromatic rings. The molecule has 0 aliphatic carbocycles. The van der Waals surface area contributed by atoms with Gasteiger partial charge in [0.05, 0.1) is 0 Å². The molecule has 1 radical (unpaired) electrons. The van der Waals surface area contributed by atoms with Crippen LogP contribution in [0.2, 0.25) is 0 Å². The zero-order valence-electron chi connectivity index (χ0n) is 5.68. The first kappa shape index (κ1) is 7.47. The summed E-state index contributed by atoms with van der Waals surface area (Å²) in [4.78, 5) is 1.96. The molecule has 0 heterocycles. The van der Waals surface area contributed by atoms with E-state index in [0.29, 0.717) is 0 Å². The third-order valence-corrected chi connectivity index (χ3v) is 0.983. The van der Waals surface area contributed by atoms with Gasteiger partial charge in [-0.15, -0.1) is 0 Å². The molecule has 0 N–H and O–H groups in total. The fourth-order valence-electron chi connectivity index (χ4n) is 0.503. The summed E-state index contributed by atoms with van der Waals surface area (Å²) in [7, 11) is 9.16. The average molecular weight is 108 g/mol. The maximum atomic E-state index is 5.25. The Balaban J connectivity index is 3.91. The van der Waals surface area contributed by atoms with Gasteiger partial charge in [0.15, 0.2) is 0 Å². The van der Waals surface area contributed by atoms with E-state index in [1.165, 1.54) is 0 Å². The number of hydrogen-bond acceptors (Lipinski definition) is 1. The van der Waals surface area contributed by atoms with Gasteiger partial charge in [-0.3, -0.25) is 0 Å². The molecule has 8 heavy (non-hydrogen) atoms. The van der Waals surface area contributed by atoms with Crippen LogP contribution in [-0.4, -0.2) is 32.4 Å². The molecule has 43 valence electrons. The van der Waals surface area contributed by atoms with Crippen LogP contribution in [0.5, 0.6) is 0 Å². The summed E-state index contributed by atoms with van der Waals surface area (Å²) in [5.41, 5.74) is 1.05. The molecule has 0 aromatic carbocycles. The van der Waals surface area contributed by atoms with Crippen molar-refractivity contribution in [3.63, 3.8) is 0 Å². The summed E-state index contributed by atoms with van der Waals surface area (Å²) in [5, 5.41) is 0. The molecule has 2 heteroatoms. The minimum atomic E-state index is 1.05. The van der Waals surface area contributed by atoms with Crippen LogP contribution in [0.4, 0.5) is 0 Å². The number of allylic oxidation sites excluding steroid dienone is 2. The van der Waals surface area contributed by atoms with E-state index in [9.17, 15) is 0 Å². The van der Waals surface area contributed by atoms with Crippen LogP contribution < -0.4 is 0 Å². The molecule has 0 aromatic heterocycles. The van der Waals surface area contributed by atoms with E-state index in [2.05, 4.69) is 0 Å². The zero-order chi connectivity index (χ0) is 6.57.